The van der Waals surface area contributed by atoms with Gasteiger partial charge in [0.1, 0.15) is 11.4 Å². The summed E-state index contributed by atoms with van der Waals surface area (Å²) in [4.78, 5) is 15.6. The van der Waals surface area contributed by atoms with Gasteiger partial charge < -0.3 is 15.0 Å². The number of amides is 1. The number of likely N-dealkylation sites (tertiary alicyclic amines) is 1. The van der Waals surface area contributed by atoms with Crippen molar-refractivity contribution in [3.63, 3.8) is 0 Å². The lowest BCUT2D eigenvalue weighted by Gasteiger charge is -2.47. The van der Waals surface area contributed by atoms with Crippen molar-refractivity contribution in [2.24, 2.45) is 0 Å². The fourth-order valence-corrected chi connectivity index (χ4v) is 4.85. The molecule has 2 aliphatic rings. The molecular weight excluding hydrogens is 360 g/mol. The number of hydrogen-bond donors (Lipinski definition) is 1. The first-order valence-electron chi connectivity index (χ1n) is 10.8. The minimum Gasteiger partial charge on any atom is -0.487 e. The summed E-state index contributed by atoms with van der Waals surface area (Å²) in [7, 11) is 0. The Morgan fingerprint density at radius 1 is 1.10 bits per heavy atom. The van der Waals surface area contributed by atoms with Gasteiger partial charge in [-0.25, -0.2) is 0 Å². The normalized spacial score (nSPS) is 20.9. The van der Waals surface area contributed by atoms with Gasteiger partial charge in [0.25, 0.3) is 5.91 Å². The Bertz CT molecular complexity index is 877. The Hall–Kier alpha value is -2.33. The van der Waals surface area contributed by atoms with Crippen molar-refractivity contribution < 1.29 is 9.53 Å². The summed E-state index contributed by atoms with van der Waals surface area (Å²) in [5, 5.41) is 3.32. The second-order valence-electron chi connectivity index (χ2n) is 9.06. The van der Waals surface area contributed by atoms with Crippen molar-refractivity contribution in [3.05, 3.63) is 64.7 Å². The topological polar surface area (TPSA) is 41.6 Å². The zero-order valence-corrected chi connectivity index (χ0v) is 18.0. The summed E-state index contributed by atoms with van der Waals surface area (Å²) in [5.74, 6) is 0.913. The highest BCUT2D eigenvalue weighted by atomic mass is 16.5. The quantitative estimate of drug-likeness (QED) is 0.816. The van der Waals surface area contributed by atoms with Gasteiger partial charge >= 0.3 is 0 Å². The summed E-state index contributed by atoms with van der Waals surface area (Å²) < 4.78 is 6.57. The van der Waals surface area contributed by atoms with Crippen LogP contribution in [0.5, 0.6) is 5.75 Å². The summed E-state index contributed by atoms with van der Waals surface area (Å²) in [5.41, 5.74) is 3.85. The van der Waals surface area contributed by atoms with E-state index < -0.39 is 0 Å². The first-order valence-corrected chi connectivity index (χ1v) is 10.8. The Kier molecular flexibility index (Phi) is 5.39. The molecule has 0 radical (unpaired) electrons. The monoisotopic (exact) mass is 392 g/mol. The van der Waals surface area contributed by atoms with E-state index in [-0.39, 0.29) is 17.6 Å². The van der Waals surface area contributed by atoms with E-state index in [0.29, 0.717) is 6.04 Å². The molecule has 154 valence electrons. The van der Waals surface area contributed by atoms with Crippen LogP contribution < -0.4 is 10.1 Å². The van der Waals surface area contributed by atoms with Gasteiger partial charge in [0.2, 0.25) is 0 Å². The molecule has 1 saturated heterocycles. The summed E-state index contributed by atoms with van der Waals surface area (Å²) in [6.45, 7) is 10.6. The van der Waals surface area contributed by atoms with Gasteiger partial charge in [-0.05, 0) is 58.7 Å². The van der Waals surface area contributed by atoms with Gasteiger partial charge in [-0.2, -0.15) is 0 Å². The minimum absolute atomic E-state index is 0.00623. The Morgan fingerprint density at radius 3 is 2.41 bits per heavy atom. The molecule has 0 aromatic heterocycles. The fourth-order valence-electron chi connectivity index (χ4n) is 4.85. The smallest absolute Gasteiger partial charge is 0.251 e. The highest BCUT2D eigenvalue weighted by molar-refractivity contribution is 5.95. The molecule has 1 fully saturated rings. The van der Waals surface area contributed by atoms with Gasteiger partial charge in [0.05, 0.1) is 6.04 Å². The van der Waals surface area contributed by atoms with Crippen LogP contribution in [0.25, 0.3) is 0 Å². The third-order valence-electron chi connectivity index (χ3n) is 6.43. The van der Waals surface area contributed by atoms with E-state index in [9.17, 15) is 4.79 Å². The molecule has 1 amide bonds. The van der Waals surface area contributed by atoms with Crippen LogP contribution in [0.3, 0.4) is 0 Å². The number of ether oxygens (including phenoxy) is 1. The molecule has 2 aliphatic heterocycles. The first kappa shape index (κ1) is 20.0. The van der Waals surface area contributed by atoms with Crippen LogP contribution in [0.2, 0.25) is 0 Å². The lowest BCUT2D eigenvalue weighted by Crippen LogP contribution is -2.53. The van der Waals surface area contributed by atoms with E-state index in [4.69, 9.17) is 4.74 Å². The minimum atomic E-state index is -0.194. The lowest BCUT2D eigenvalue weighted by molar-refractivity contribution is -0.0306. The van der Waals surface area contributed by atoms with Gasteiger partial charge in [-0.1, -0.05) is 35.4 Å². The molecule has 0 bridgehead atoms. The fraction of sp³-hybridized carbons (Fsp3) is 0.480. The maximum absolute atomic E-state index is 13.1. The van der Waals surface area contributed by atoms with Crippen LogP contribution in [-0.4, -0.2) is 35.5 Å². The molecule has 4 rings (SSSR count). The number of para-hydroxylation sites is 1. The van der Waals surface area contributed by atoms with Crippen LogP contribution in [-0.2, 0) is 0 Å². The zero-order chi connectivity index (χ0) is 20.6. The number of carbonyl (C=O) groups is 1. The molecule has 1 atom stereocenters. The maximum Gasteiger partial charge on any atom is 0.251 e. The Balaban J connectivity index is 1.58. The number of benzene rings is 2. The predicted molar refractivity (Wildman–Crippen MR) is 116 cm³/mol. The maximum atomic E-state index is 13.1. The largest absolute Gasteiger partial charge is 0.487 e. The van der Waals surface area contributed by atoms with Crippen molar-refractivity contribution in [1.82, 2.24) is 10.2 Å². The van der Waals surface area contributed by atoms with Gasteiger partial charge in [-0.15, -0.1) is 0 Å². The van der Waals surface area contributed by atoms with Crippen molar-refractivity contribution in [1.29, 1.82) is 0 Å². The van der Waals surface area contributed by atoms with Crippen molar-refractivity contribution in [2.45, 2.75) is 64.6 Å². The first-order chi connectivity index (χ1) is 13.8. The molecule has 4 nitrogen and oxygen atoms in total. The third kappa shape index (κ3) is 4.18. The van der Waals surface area contributed by atoms with E-state index in [1.54, 1.807) is 0 Å². The van der Waals surface area contributed by atoms with E-state index in [1.165, 1.54) is 0 Å². The number of fused-ring (bicyclic) bond motifs is 1. The summed E-state index contributed by atoms with van der Waals surface area (Å²) in [6.07, 6.45) is 2.82. The lowest BCUT2D eigenvalue weighted by atomic mass is 9.80. The van der Waals surface area contributed by atoms with E-state index in [2.05, 4.69) is 36.2 Å². The van der Waals surface area contributed by atoms with Crippen molar-refractivity contribution >= 4 is 5.91 Å². The highest BCUT2D eigenvalue weighted by Gasteiger charge is 2.43. The second kappa shape index (κ2) is 7.83. The summed E-state index contributed by atoms with van der Waals surface area (Å²) in [6, 6.07) is 14.7. The van der Waals surface area contributed by atoms with Crippen LogP contribution in [0.1, 0.15) is 66.2 Å². The highest BCUT2D eigenvalue weighted by Crippen LogP contribution is 2.44. The summed E-state index contributed by atoms with van der Waals surface area (Å²) >= 11 is 0. The number of carbonyl (C=O) groups excluding carboxylic acids is 1. The van der Waals surface area contributed by atoms with Gasteiger partial charge in [-0.3, -0.25) is 4.79 Å². The molecule has 1 spiro atoms. The van der Waals surface area contributed by atoms with E-state index in [0.717, 1.165) is 60.4 Å². The number of rotatable bonds is 3. The molecule has 2 heterocycles. The Morgan fingerprint density at radius 2 is 1.76 bits per heavy atom. The molecular formula is C25H32N2O2. The average Bonchev–Trinajstić information content (AvgIpc) is 2.67. The average molecular weight is 393 g/mol. The van der Waals surface area contributed by atoms with E-state index in [1.807, 2.05) is 44.2 Å². The zero-order valence-electron chi connectivity index (χ0n) is 18.0. The molecule has 1 N–H and O–H groups in total. The number of hydrogen-bond acceptors (Lipinski definition) is 3. The number of nitrogens with zero attached hydrogens (tertiary/aromatic N) is 1. The standard InChI is InChI=1S/C25H32N2O2/c1-17(2)27-11-9-25(10-12-27)16-22(21-7-5-6-8-23(21)29-25)26-24(28)20-14-18(3)13-19(4)15-20/h5-8,13-15,17,22H,9-12,16H2,1-4H3,(H,26,28)/t22-/m1/s1. The molecule has 4 heteroatoms. The van der Waals surface area contributed by atoms with Crippen LogP contribution in [0.15, 0.2) is 42.5 Å². The SMILES string of the molecule is Cc1cc(C)cc(C(=O)N[C@@H]2CC3(CCN(C(C)C)CC3)Oc3ccccc32)c1. The third-order valence-corrected chi connectivity index (χ3v) is 6.43. The van der Waals surface area contributed by atoms with E-state index >= 15 is 0 Å². The molecule has 2 aromatic carbocycles. The Labute approximate surface area is 174 Å². The van der Waals surface area contributed by atoms with Crippen molar-refractivity contribution in [2.75, 3.05) is 13.1 Å². The molecule has 0 unspecified atom stereocenters. The van der Waals surface area contributed by atoms with Crippen LogP contribution in [0.4, 0.5) is 0 Å². The van der Waals surface area contributed by atoms with Gasteiger partial charge in [0, 0.05) is 36.7 Å². The molecule has 0 saturated carbocycles. The number of piperidine rings is 1. The number of nitrogens with one attached hydrogen (secondary N) is 1. The van der Waals surface area contributed by atoms with Crippen LogP contribution >= 0.6 is 0 Å². The number of aryl methyl sites for hydroxylation is 2. The molecule has 29 heavy (non-hydrogen) atoms. The predicted octanol–water partition coefficient (Wildman–Crippen LogP) is 4.80. The molecule has 0 aliphatic carbocycles. The van der Waals surface area contributed by atoms with Gasteiger partial charge in [0.15, 0.2) is 0 Å². The second-order valence-corrected chi connectivity index (χ2v) is 9.06. The van der Waals surface area contributed by atoms with Crippen molar-refractivity contribution in [3.8, 4) is 5.75 Å². The molecule has 2 aromatic rings. The van der Waals surface area contributed by atoms with Crippen LogP contribution in [0, 0.1) is 13.8 Å².